The quantitative estimate of drug-likeness (QED) is 0.856. The molecule has 0 aromatic heterocycles. The molecule has 114 valence electrons. The fraction of sp³-hybridized carbons (Fsp3) is 0.222. The van der Waals surface area contributed by atoms with Crippen LogP contribution in [0.15, 0.2) is 54.6 Å². The van der Waals surface area contributed by atoms with Crippen LogP contribution < -0.4 is 5.32 Å². The lowest BCUT2D eigenvalue weighted by molar-refractivity contribution is -0.137. The van der Waals surface area contributed by atoms with Crippen molar-refractivity contribution in [1.29, 1.82) is 0 Å². The zero-order chi connectivity index (χ0) is 15.9. The average molecular weight is 297 g/mol. The van der Waals surface area contributed by atoms with Crippen molar-refractivity contribution in [3.63, 3.8) is 0 Å². The van der Waals surface area contributed by atoms with Crippen LogP contribution >= 0.6 is 0 Å². The summed E-state index contributed by atoms with van der Waals surface area (Å²) >= 11 is 0. The summed E-state index contributed by atoms with van der Waals surface area (Å²) in [5.74, 6) is -1.42. The standard InChI is InChI=1S/C18H19NO3/c1-13-6-5-9-16(10-13)19-17(20)11-15(12-18(21)22)14-7-3-2-4-8-14/h2-10,15H,11-12H2,1H3,(H,19,20)(H,21,22)/t15-/m1/s1. The van der Waals surface area contributed by atoms with Crippen molar-refractivity contribution in [3.05, 3.63) is 65.7 Å². The maximum Gasteiger partial charge on any atom is 0.303 e. The van der Waals surface area contributed by atoms with Gasteiger partial charge in [0.15, 0.2) is 0 Å². The molecule has 2 N–H and O–H groups in total. The summed E-state index contributed by atoms with van der Waals surface area (Å²) in [5.41, 5.74) is 2.65. The Morgan fingerprint density at radius 2 is 1.77 bits per heavy atom. The highest BCUT2D eigenvalue weighted by Crippen LogP contribution is 2.24. The van der Waals surface area contributed by atoms with E-state index in [-0.39, 0.29) is 24.7 Å². The number of carboxylic acids is 1. The van der Waals surface area contributed by atoms with Gasteiger partial charge in [0.05, 0.1) is 6.42 Å². The molecule has 0 saturated heterocycles. The van der Waals surface area contributed by atoms with Crippen LogP contribution in [0.1, 0.15) is 29.9 Å². The Bertz CT molecular complexity index is 652. The zero-order valence-electron chi connectivity index (χ0n) is 12.5. The summed E-state index contributed by atoms with van der Waals surface area (Å²) in [7, 11) is 0. The highest BCUT2D eigenvalue weighted by molar-refractivity contribution is 5.91. The van der Waals surface area contributed by atoms with Gasteiger partial charge in [0, 0.05) is 18.0 Å². The molecular weight excluding hydrogens is 278 g/mol. The van der Waals surface area contributed by atoms with E-state index in [4.69, 9.17) is 5.11 Å². The Hall–Kier alpha value is -2.62. The van der Waals surface area contributed by atoms with E-state index >= 15 is 0 Å². The third-order valence-corrected chi connectivity index (χ3v) is 3.43. The topological polar surface area (TPSA) is 66.4 Å². The lowest BCUT2D eigenvalue weighted by Gasteiger charge is -2.15. The fourth-order valence-corrected chi connectivity index (χ4v) is 2.40. The first-order chi connectivity index (χ1) is 10.5. The Morgan fingerprint density at radius 1 is 1.05 bits per heavy atom. The van der Waals surface area contributed by atoms with Crippen LogP contribution in [0.2, 0.25) is 0 Å². The number of aryl methyl sites for hydroxylation is 1. The number of hydrogen-bond acceptors (Lipinski definition) is 2. The predicted octanol–water partition coefficient (Wildman–Crippen LogP) is 3.58. The summed E-state index contributed by atoms with van der Waals surface area (Å²) in [6, 6.07) is 16.8. The number of carbonyl (C=O) groups is 2. The Morgan fingerprint density at radius 3 is 2.41 bits per heavy atom. The molecule has 0 spiro atoms. The van der Waals surface area contributed by atoms with Gasteiger partial charge in [-0.1, -0.05) is 42.5 Å². The molecule has 0 aliphatic rings. The van der Waals surface area contributed by atoms with E-state index in [1.54, 1.807) is 0 Å². The molecule has 2 rings (SSSR count). The molecule has 0 saturated carbocycles. The van der Waals surface area contributed by atoms with Crippen LogP contribution in [0.3, 0.4) is 0 Å². The van der Waals surface area contributed by atoms with Crippen LogP contribution in [0.5, 0.6) is 0 Å². The lowest BCUT2D eigenvalue weighted by Crippen LogP contribution is -2.17. The summed E-state index contributed by atoms with van der Waals surface area (Å²) < 4.78 is 0. The fourth-order valence-electron chi connectivity index (χ4n) is 2.40. The summed E-state index contributed by atoms with van der Waals surface area (Å²) in [6.45, 7) is 1.95. The Kier molecular flexibility index (Phi) is 5.31. The van der Waals surface area contributed by atoms with Gasteiger partial charge < -0.3 is 10.4 Å². The summed E-state index contributed by atoms with van der Waals surface area (Å²) in [5, 5.41) is 11.9. The maximum absolute atomic E-state index is 12.2. The largest absolute Gasteiger partial charge is 0.481 e. The molecule has 0 heterocycles. The monoisotopic (exact) mass is 297 g/mol. The molecule has 4 heteroatoms. The molecule has 0 bridgehead atoms. The number of benzene rings is 2. The van der Waals surface area contributed by atoms with Crippen LogP contribution in [0.25, 0.3) is 0 Å². The smallest absolute Gasteiger partial charge is 0.303 e. The van der Waals surface area contributed by atoms with E-state index in [9.17, 15) is 9.59 Å². The third-order valence-electron chi connectivity index (χ3n) is 3.43. The van der Waals surface area contributed by atoms with Gasteiger partial charge in [-0.05, 0) is 30.2 Å². The molecule has 22 heavy (non-hydrogen) atoms. The van der Waals surface area contributed by atoms with Crippen LogP contribution in [0.4, 0.5) is 5.69 Å². The third kappa shape index (κ3) is 4.74. The molecule has 2 aromatic carbocycles. The van der Waals surface area contributed by atoms with Crippen molar-refractivity contribution in [3.8, 4) is 0 Å². The second-order valence-corrected chi connectivity index (χ2v) is 5.33. The SMILES string of the molecule is Cc1cccc(NC(=O)C[C@H](CC(=O)O)c2ccccc2)c1. The van der Waals surface area contributed by atoms with Crippen LogP contribution in [-0.2, 0) is 9.59 Å². The van der Waals surface area contributed by atoms with Gasteiger partial charge in [0.25, 0.3) is 0 Å². The molecular formula is C18H19NO3. The van der Waals surface area contributed by atoms with Gasteiger partial charge in [0.1, 0.15) is 0 Å². The van der Waals surface area contributed by atoms with Gasteiger partial charge in [-0.2, -0.15) is 0 Å². The van der Waals surface area contributed by atoms with Gasteiger partial charge in [-0.25, -0.2) is 0 Å². The lowest BCUT2D eigenvalue weighted by atomic mass is 9.92. The molecule has 0 unspecified atom stereocenters. The van der Waals surface area contributed by atoms with Gasteiger partial charge in [-0.3, -0.25) is 9.59 Å². The van der Waals surface area contributed by atoms with E-state index in [2.05, 4.69) is 5.32 Å². The number of amides is 1. The van der Waals surface area contributed by atoms with Crippen molar-refractivity contribution >= 4 is 17.6 Å². The molecule has 0 aliphatic heterocycles. The molecule has 2 aromatic rings. The highest BCUT2D eigenvalue weighted by atomic mass is 16.4. The number of aliphatic carboxylic acids is 1. The van der Waals surface area contributed by atoms with Crippen LogP contribution in [-0.4, -0.2) is 17.0 Å². The normalized spacial score (nSPS) is 11.7. The second-order valence-electron chi connectivity index (χ2n) is 5.33. The number of carbonyl (C=O) groups excluding carboxylic acids is 1. The van der Waals surface area contributed by atoms with E-state index < -0.39 is 5.97 Å². The number of rotatable bonds is 6. The molecule has 4 nitrogen and oxygen atoms in total. The summed E-state index contributed by atoms with van der Waals surface area (Å²) in [6.07, 6.45) is 0.0789. The first kappa shape index (κ1) is 15.8. The van der Waals surface area contributed by atoms with Crippen molar-refractivity contribution in [2.45, 2.75) is 25.7 Å². The number of anilines is 1. The molecule has 0 fully saturated rings. The average Bonchev–Trinajstić information content (AvgIpc) is 2.47. The van der Waals surface area contributed by atoms with E-state index in [0.717, 1.165) is 16.8 Å². The number of nitrogens with one attached hydrogen (secondary N) is 1. The zero-order valence-corrected chi connectivity index (χ0v) is 12.5. The first-order valence-electron chi connectivity index (χ1n) is 7.18. The number of hydrogen-bond donors (Lipinski definition) is 2. The van der Waals surface area contributed by atoms with Gasteiger partial charge in [0.2, 0.25) is 5.91 Å². The molecule has 0 aliphatic carbocycles. The second kappa shape index (κ2) is 7.41. The predicted molar refractivity (Wildman–Crippen MR) is 85.9 cm³/mol. The van der Waals surface area contributed by atoms with Crippen molar-refractivity contribution in [1.82, 2.24) is 0 Å². The van der Waals surface area contributed by atoms with Crippen molar-refractivity contribution in [2.24, 2.45) is 0 Å². The maximum atomic E-state index is 12.2. The number of carboxylic acid groups (broad SMARTS) is 1. The minimum absolute atomic E-state index is 0.0642. The van der Waals surface area contributed by atoms with Crippen LogP contribution in [0, 0.1) is 6.92 Å². The molecule has 1 amide bonds. The molecule has 1 atom stereocenters. The Balaban J connectivity index is 2.06. The van der Waals surface area contributed by atoms with E-state index in [0.29, 0.717) is 0 Å². The van der Waals surface area contributed by atoms with E-state index in [1.807, 2.05) is 61.5 Å². The highest BCUT2D eigenvalue weighted by Gasteiger charge is 2.19. The minimum Gasteiger partial charge on any atom is -0.481 e. The molecule has 0 radical (unpaired) electrons. The van der Waals surface area contributed by atoms with Crippen molar-refractivity contribution < 1.29 is 14.7 Å². The summed E-state index contributed by atoms with van der Waals surface area (Å²) in [4.78, 5) is 23.2. The Labute approximate surface area is 129 Å². The van der Waals surface area contributed by atoms with Gasteiger partial charge in [-0.15, -0.1) is 0 Å². The van der Waals surface area contributed by atoms with Gasteiger partial charge >= 0.3 is 5.97 Å². The first-order valence-corrected chi connectivity index (χ1v) is 7.18. The minimum atomic E-state index is -0.905. The van der Waals surface area contributed by atoms with Crippen molar-refractivity contribution in [2.75, 3.05) is 5.32 Å². The van der Waals surface area contributed by atoms with E-state index in [1.165, 1.54) is 0 Å².